The van der Waals surface area contributed by atoms with Gasteiger partial charge in [-0.05, 0) is 69.1 Å². The fraction of sp³-hybridized carbons (Fsp3) is 0.864. The van der Waals surface area contributed by atoms with E-state index in [2.05, 4.69) is 0 Å². The number of ether oxygens (including phenoxy) is 3. The van der Waals surface area contributed by atoms with Gasteiger partial charge in [-0.3, -0.25) is 18.9 Å². The molecule has 1 saturated heterocycles. The van der Waals surface area contributed by atoms with Crippen LogP contribution in [0.3, 0.4) is 0 Å². The van der Waals surface area contributed by atoms with E-state index in [0.29, 0.717) is 18.3 Å². The van der Waals surface area contributed by atoms with Gasteiger partial charge in [0, 0.05) is 11.8 Å². The van der Waals surface area contributed by atoms with Gasteiger partial charge >= 0.3 is 17.9 Å². The number of esters is 3. The van der Waals surface area contributed by atoms with Crippen molar-refractivity contribution in [1.29, 1.82) is 0 Å². The van der Waals surface area contributed by atoms with E-state index in [9.17, 15) is 22.8 Å². The Hall–Kier alpha value is -1.68. The van der Waals surface area contributed by atoms with Gasteiger partial charge in [0.1, 0.15) is 17.8 Å². The van der Waals surface area contributed by atoms with Crippen molar-refractivity contribution in [1.82, 2.24) is 0 Å². The summed E-state index contributed by atoms with van der Waals surface area (Å²) < 4.78 is 48.0. The Labute approximate surface area is 186 Å². The molecule has 1 heterocycles. The molecule has 9 nitrogen and oxygen atoms in total. The third-order valence-corrected chi connectivity index (χ3v) is 10.1. The molecule has 0 aromatic rings. The monoisotopic (exact) mass is 468 g/mol. The highest BCUT2D eigenvalue weighted by atomic mass is 32.2. The normalized spacial score (nSPS) is 49.9. The van der Waals surface area contributed by atoms with Gasteiger partial charge < -0.3 is 14.2 Å². The molecule has 0 spiro atoms. The average molecular weight is 469 g/mol. The van der Waals surface area contributed by atoms with Gasteiger partial charge in [-0.1, -0.05) is 0 Å². The zero-order valence-electron chi connectivity index (χ0n) is 17.8. The summed E-state index contributed by atoms with van der Waals surface area (Å²) in [4.78, 5) is 38.1. The van der Waals surface area contributed by atoms with Crippen molar-refractivity contribution in [2.75, 3.05) is 5.75 Å². The van der Waals surface area contributed by atoms with Crippen LogP contribution in [0.25, 0.3) is 0 Å². The van der Waals surface area contributed by atoms with Crippen LogP contribution in [0.15, 0.2) is 0 Å². The van der Waals surface area contributed by atoms with Gasteiger partial charge in [0.15, 0.2) is 5.75 Å². The molecular formula is C22H28O9S. The summed E-state index contributed by atoms with van der Waals surface area (Å²) in [7, 11) is -4.54. The number of hydrogen-bond donors (Lipinski definition) is 1. The summed E-state index contributed by atoms with van der Waals surface area (Å²) in [6.07, 6.45) is 4.51. The highest BCUT2D eigenvalue weighted by molar-refractivity contribution is 7.86. The topological polar surface area (TPSA) is 133 Å². The van der Waals surface area contributed by atoms with Gasteiger partial charge in [0.2, 0.25) is 0 Å². The molecule has 6 atom stereocenters. The minimum Gasteiger partial charge on any atom is -0.459 e. The maximum Gasteiger partial charge on any atom is 0.324 e. The molecule has 32 heavy (non-hydrogen) atoms. The zero-order valence-corrected chi connectivity index (χ0v) is 18.7. The van der Waals surface area contributed by atoms with Crippen LogP contribution in [0, 0.1) is 47.3 Å². The zero-order chi connectivity index (χ0) is 22.6. The first-order chi connectivity index (χ1) is 15.0. The quantitative estimate of drug-likeness (QED) is 0.360. The highest BCUT2D eigenvalue weighted by Crippen LogP contribution is 2.62. The summed E-state index contributed by atoms with van der Waals surface area (Å²) in [5, 5.41) is 0. The molecule has 176 valence electrons. The lowest BCUT2D eigenvalue weighted by atomic mass is 9.50. The highest BCUT2D eigenvalue weighted by Gasteiger charge is 2.71. The second-order valence-corrected chi connectivity index (χ2v) is 12.6. The fourth-order valence-corrected chi connectivity index (χ4v) is 8.74. The average Bonchev–Trinajstić information content (AvgIpc) is 3.28. The van der Waals surface area contributed by atoms with E-state index in [-0.39, 0.29) is 5.92 Å². The van der Waals surface area contributed by atoms with E-state index in [1.165, 1.54) is 6.42 Å². The third kappa shape index (κ3) is 2.97. The van der Waals surface area contributed by atoms with Crippen LogP contribution in [0.5, 0.6) is 0 Å². The Morgan fingerprint density at radius 1 is 1.06 bits per heavy atom. The lowest BCUT2D eigenvalue weighted by Crippen LogP contribution is -2.59. The van der Waals surface area contributed by atoms with Crippen LogP contribution < -0.4 is 0 Å². The molecule has 10 heteroatoms. The smallest absolute Gasteiger partial charge is 0.324 e. The third-order valence-electron chi connectivity index (χ3n) is 9.47. The predicted octanol–water partition coefficient (Wildman–Crippen LogP) is 1.35. The molecule has 6 saturated carbocycles. The van der Waals surface area contributed by atoms with Crippen LogP contribution in [0.1, 0.15) is 45.4 Å². The molecule has 7 fully saturated rings. The maximum atomic E-state index is 13.5. The molecule has 0 aromatic carbocycles. The molecule has 0 radical (unpaired) electrons. The Bertz CT molecular complexity index is 959. The second-order valence-electron chi connectivity index (χ2n) is 11.1. The number of hydrogen-bond acceptors (Lipinski definition) is 8. The first kappa shape index (κ1) is 20.9. The van der Waals surface area contributed by atoms with Gasteiger partial charge in [0.05, 0.1) is 11.8 Å². The minimum absolute atomic E-state index is 0.250. The standard InChI is InChI=1S/C22H28O9S/c1-22(11-3-9-2-10(5-11)6-12(22)4-9)31-21(25)17-14-7-13-16(17)20(24)30-19(13)18(14)29-15(23)8-32(26,27)28/h9-14,16-19H,2-8H2,1H3,(H,26,27,28). The largest absolute Gasteiger partial charge is 0.459 e. The Morgan fingerprint density at radius 2 is 1.69 bits per heavy atom. The van der Waals surface area contributed by atoms with Crippen molar-refractivity contribution in [3.63, 3.8) is 0 Å². The van der Waals surface area contributed by atoms with Crippen LogP contribution in [0.4, 0.5) is 0 Å². The minimum atomic E-state index is -4.54. The number of rotatable bonds is 5. The summed E-state index contributed by atoms with van der Waals surface area (Å²) in [5.41, 5.74) is -0.536. The maximum absolute atomic E-state index is 13.5. The molecule has 1 N–H and O–H groups in total. The molecule has 0 amide bonds. The van der Waals surface area contributed by atoms with Crippen molar-refractivity contribution >= 4 is 28.0 Å². The molecule has 7 aliphatic rings. The first-order valence-corrected chi connectivity index (χ1v) is 13.2. The summed E-state index contributed by atoms with van der Waals surface area (Å²) in [5.74, 6) is -3.14. The van der Waals surface area contributed by atoms with Gasteiger partial charge in [0.25, 0.3) is 10.1 Å². The van der Waals surface area contributed by atoms with Crippen LogP contribution in [0.2, 0.25) is 0 Å². The Kier molecular flexibility index (Phi) is 4.36. The molecule has 1 aliphatic heterocycles. The van der Waals surface area contributed by atoms with E-state index in [1.807, 2.05) is 6.92 Å². The van der Waals surface area contributed by atoms with Gasteiger partial charge in [-0.15, -0.1) is 0 Å². The van der Waals surface area contributed by atoms with Crippen LogP contribution >= 0.6 is 0 Å². The number of carbonyl (C=O) groups is 3. The molecule has 6 unspecified atom stereocenters. The molecule has 6 aliphatic carbocycles. The van der Waals surface area contributed by atoms with Crippen molar-refractivity contribution < 1.29 is 41.6 Å². The van der Waals surface area contributed by atoms with Crippen molar-refractivity contribution in [2.45, 2.75) is 63.3 Å². The molecular weight excluding hydrogens is 440 g/mol. The lowest BCUT2D eigenvalue weighted by Gasteiger charge is -2.59. The first-order valence-electron chi connectivity index (χ1n) is 11.6. The second kappa shape index (κ2) is 6.68. The number of carbonyl (C=O) groups excluding carboxylic acids is 3. The van der Waals surface area contributed by atoms with E-state index in [0.717, 1.165) is 37.5 Å². The Morgan fingerprint density at radius 3 is 2.28 bits per heavy atom. The van der Waals surface area contributed by atoms with Gasteiger partial charge in [-0.2, -0.15) is 8.42 Å². The summed E-state index contributed by atoms with van der Waals surface area (Å²) in [6.45, 7) is 2.05. The van der Waals surface area contributed by atoms with E-state index >= 15 is 0 Å². The summed E-state index contributed by atoms with van der Waals surface area (Å²) in [6, 6.07) is 0. The predicted molar refractivity (Wildman–Crippen MR) is 106 cm³/mol. The van der Waals surface area contributed by atoms with E-state index in [4.69, 9.17) is 18.8 Å². The van der Waals surface area contributed by atoms with Gasteiger partial charge in [-0.25, -0.2) is 0 Å². The number of fused-ring (bicyclic) bond motifs is 1. The Balaban J connectivity index is 1.22. The van der Waals surface area contributed by atoms with E-state index in [1.54, 1.807) is 0 Å². The van der Waals surface area contributed by atoms with E-state index < -0.39 is 69.3 Å². The SMILES string of the molecule is CC1(OC(=O)C2C3CC4C(OC(=O)C42)C3OC(=O)CS(=O)(=O)O)C2CC3CC(C2)CC1C3. The van der Waals surface area contributed by atoms with Crippen molar-refractivity contribution in [2.24, 2.45) is 47.3 Å². The van der Waals surface area contributed by atoms with Crippen LogP contribution in [-0.4, -0.2) is 54.4 Å². The molecule has 7 rings (SSSR count). The van der Waals surface area contributed by atoms with Crippen LogP contribution in [-0.2, 0) is 38.7 Å². The lowest BCUT2D eigenvalue weighted by molar-refractivity contribution is -0.211. The summed E-state index contributed by atoms with van der Waals surface area (Å²) >= 11 is 0. The molecule has 6 bridgehead atoms. The molecule has 0 aromatic heterocycles. The fourth-order valence-electron chi connectivity index (χ4n) is 8.37. The van der Waals surface area contributed by atoms with Crippen molar-refractivity contribution in [3.05, 3.63) is 0 Å². The van der Waals surface area contributed by atoms with Crippen molar-refractivity contribution in [3.8, 4) is 0 Å².